The lowest BCUT2D eigenvalue weighted by atomic mass is 10.1. The molecule has 0 spiro atoms. The van der Waals surface area contributed by atoms with E-state index >= 15 is 0 Å². The molecule has 0 unspecified atom stereocenters. The van der Waals surface area contributed by atoms with Gasteiger partial charge in [-0.25, -0.2) is 0 Å². The molecule has 2 aromatic carbocycles. The molecule has 1 saturated heterocycles. The Morgan fingerprint density at radius 3 is 2.59 bits per heavy atom. The summed E-state index contributed by atoms with van der Waals surface area (Å²) in [5.74, 6) is 0.0513. The molecular weight excluding hydrogens is 340 g/mol. The van der Waals surface area contributed by atoms with Crippen LogP contribution in [0, 0.1) is 6.92 Å². The molecule has 5 nitrogen and oxygen atoms in total. The molecule has 0 aromatic heterocycles. The second-order valence-corrected chi connectivity index (χ2v) is 7.07. The Hall–Kier alpha value is -2.82. The van der Waals surface area contributed by atoms with Crippen LogP contribution in [0.2, 0.25) is 0 Å². The minimum atomic E-state index is -0.141. The van der Waals surface area contributed by atoms with Crippen molar-refractivity contribution in [1.29, 1.82) is 0 Å². The Bertz CT molecular complexity index is 820. The molecule has 1 N–H and O–H groups in total. The van der Waals surface area contributed by atoms with Gasteiger partial charge in [0.1, 0.15) is 5.75 Å². The second-order valence-electron chi connectivity index (χ2n) is 7.07. The maximum absolute atomic E-state index is 12.9. The fraction of sp³-hybridized carbons (Fsp3) is 0.364. The van der Waals surface area contributed by atoms with Gasteiger partial charge in [-0.3, -0.25) is 9.59 Å². The lowest BCUT2D eigenvalue weighted by molar-refractivity contribution is -0.133. The van der Waals surface area contributed by atoms with E-state index in [1.807, 2.05) is 42.2 Å². The van der Waals surface area contributed by atoms with Gasteiger partial charge in [0.25, 0.3) is 5.91 Å². The van der Waals surface area contributed by atoms with Gasteiger partial charge in [0.2, 0.25) is 5.91 Å². The van der Waals surface area contributed by atoms with E-state index in [1.165, 1.54) is 6.07 Å². The quantitative estimate of drug-likeness (QED) is 0.903. The third kappa shape index (κ3) is 4.30. The number of aromatic hydroxyl groups is 1. The molecule has 1 aliphatic heterocycles. The van der Waals surface area contributed by atoms with E-state index in [-0.39, 0.29) is 23.6 Å². The van der Waals surface area contributed by atoms with E-state index in [4.69, 9.17) is 0 Å². The van der Waals surface area contributed by atoms with Crippen LogP contribution in [0.4, 0.5) is 0 Å². The van der Waals surface area contributed by atoms with Crippen molar-refractivity contribution in [2.75, 3.05) is 13.1 Å². The lowest BCUT2D eigenvalue weighted by Gasteiger charge is -2.31. The number of phenolic OH excluding ortho intramolecular Hbond substituents is 1. The molecule has 5 heteroatoms. The predicted octanol–water partition coefficient (Wildman–Crippen LogP) is 3.35. The monoisotopic (exact) mass is 366 g/mol. The van der Waals surface area contributed by atoms with Crippen LogP contribution in [-0.2, 0) is 11.3 Å². The molecule has 0 saturated carbocycles. The fourth-order valence-corrected chi connectivity index (χ4v) is 3.48. The van der Waals surface area contributed by atoms with E-state index in [9.17, 15) is 14.7 Å². The lowest BCUT2D eigenvalue weighted by Crippen LogP contribution is -2.43. The first kappa shape index (κ1) is 19.0. The van der Waals surface area contributed by atoms with E-state index < -0.39 is 0 Å². The summed E-state index contributed by atoms with van der Waals surface area (Å²) in [6.45, 7) is 5.30. The maximum atomic E-state index is 12.9. The van der Waals surface area contributed by atoms with Crippen LogP contribution in [0.1, 0.15) is 41.3 Å². The summed E-state index contributed by atoms with van der Waals surface area (Å²) in [5.41, 5.74) is 2.28. The number of aryl methyl sites for hydroxylation is 1. The van der Waals surface area contributed by atoms with Crippen molar-refractivity contribution in [2.24, 2.45) is 0 Å². The first-order chi connectivity index (χ1) is 13.0. The molecule has 1 fully saturated rings. The van der Waals surface area contributed by atoms with Crippen LogP contribution in [0.15, 0.2) is 48.5 Å². The van der Waals surface area contributed by atoms with Gasteiger partial charge in [-0.05, 0) is 36.6 Å². The predicted molar refractivity (Wildman–Crippen MR) is 104 cm³/mol. The summed E-state index contributed by atoms with van der Waals surface area (Å²) >= 11 is 0. The first-order valence-corrected chi connectivity index (χ1v) is 9.42. The molecule has 0 aliphatic carbocycles. The third-order valence-corrected chi connectivity index (χ3v) is 5.20. The number of hydrogen-bond acceptors (Lipinski definition) is 3. The van der Waals surface area contributed by atoms with Crippen LogP contribution in [0.5, 0.6) is 5.75 Å². The second kappa shape index (κ2) is 8.25. The average Bonchev–Trinajstić information content (AvgIpc) is 2.84. The van der Waals surface area contributed by atoms with Crippen molar-refractivity contribution in [2.45, 2.75) is 39.3 Å². The Balaban J connectivity index is 1.79. The van der Waals surface area contributed by atoms with Crippen molar-refractivity contribution in [3.63, 3.8) is 0 Å². The van der Waals surface area contributed by atoms with Gasteiger partial charge in [0, 0.05) is 37.7 Å². The highest BCUT2D eigenvalue weighted by Crippen LogP contribution is 2.22. The number of hydrogen-bond donors (Lipinski definition) is 1. The van der Waals surface area contributed by atoms with Gasteiger partial charge in [0.15, 0.2) is 0 Å². The number of rotatable bonds is 4. The van der Waals surface area contributed by atoms with Crippen LogP contribution in [0.3, 0.4) is 0 Å². The first-order valence-electron chi connectivity index (χ1n) is 9.42. The van der Waals surface area contributed by atoms with E-state index in [0.29, 0.717) is 31.6 Å². The van der Waals surface area contributed by atoms with Gasteiger partial charge in [0.05, 0.1) is 0 Å². The summed E-state index contributed by atoms with van der Waals surface area (Å²) < 4.78 is 0. The van der Waals surface area contributed by atoms with Crippen LogP contribution in [-0.4, -0.2) is 45.9 Å². The van der Waals surface area contributed by atoms with Gasteiger partial charge in [-0.15, -0.1) is 0 Å². The highest BCUT2D eigenvalue weighted by Gasteiger charge is 2.31. The molecule has 27 heavy (non-hydrogen) atoms. The highest BCUT2D eigenvalue weighted by atomic mass is 16.3. The minimum absolute atomic E-state index is 0.0248. The van der Waals surface area contributed by atoms with Gasteiger partial charge in [-0.2, -0.15) is 0 Å². The molecule has 0 radical (unpaired) electrons. The molecule has 2 aromatic rings. The number of carbonyl (C=O) groups excluding carboxylic acids is 2. The Kier molecular flexibility index (Phi) is 5.79. The van der Waals surface area contributed by atoms with E-state index in [1.54, 1.807) is 24.0 Å². The Morgan fingerprint density at radius 1 is 1.19 bits per heavy atom. The average molecular weight is 366 g/mol. The zero-order valence-electron chi connectivity index (χ0n) is 15.9. The van der Waals surface area contributed by atoms with Crippen LogP contribution in [0.25, 0.3) is 0 Å². The van der Waals surface area contributed by atoms with Crippen molar-refractivity contribution in [3.8, 4) is 5.75 Å². The molecule has 1 atom stereocenters. The van der Waals surface area contributed by atoms with Crippen molar-refractivity contribution >= 4 is 11.8 Å². The topological polar surface area (TPSA) is 60.9 Å². The molecule has 3 rings (SSSR count). The molecule has 142 valence electrons. The zero-order valence-corrected chi connectivity index (χ0v) is 15.9. The fourth-order valence-electron chi connectivity index (χ4n) is 3.48. The van der Waals surface area contributed by atoms with Crippen molar-refractivity contribution < 1.29 is 14.7 Å². The molecule has 1 aliphatic rings. The van der Waals surface area contributed by atoms with E-state index in [0.717, 1.165) is 17.5 Å². The number of carbonyl (C=O) groups is 2. The molecule has 1 heterocycles. The van der Waals surface area contributed by atoms with Crippen LogP contribution < -0.4 is 0 Å². The summed E-state index contributed by atoms with van der Waals surface area (Å²) in [7, 11) is 0. The van der Waals surface area contributed by atoms with Gasteiger partial charge >= 0.3 is 0 Å². The number of benzene rings is 2. The molecule has 2 amide bonds. The standard InChI is InChI=1S/C22H26N2O3/c1-3-19-15-23(22(27)18-10-9-16(2)20(25)13-18)12-11-21(26)24(19)14-17-7-5-4-6-8-17/h4-10,13,19,25H,3,11-12,14-15H2,1-2H3/t19-/m0/s1. The summed E-state index contributed by atoms with van der Waals surface area (Å²) in [6, 6.07) is 14.9. The third-order valence-electron chi connectivity index (χ3n) is 5.20. The molecule has 0 bridgehead atoms. The summed E-state index contributed by atoms with van der Waals surface area (Å²) in [4.78, 5) is 29.3. The number of amides is 2. The largest absolute Gasteiger partial charge is 0.508 e. The molecular formula is C22H26N2O3. The normalized spacial score (nSPS) is 17.7. The minimum Gasteiger partial charge on any atom is -0.508 e. The number of nitrogens with zero attached hydrogens (tertiary/aromatic N) is 2. The van der Waals surface area contributed by atoms with Crippen LogP contribution >= 0.6 is 0 Å². The van der Waals surface area contributed by atoms with Crippen molar-refractivity contribution in [3.05, 3.63) is 65.2 Å². The van der Waals surface area contributed by atoms with E-state index in [2.05, 4.69) is 0 Å². The number of phenols is 1. The van der Waals surface area contributed by atoms with Crippen molar-refractivity contribution in [1.82, 2.24) is 9.80 Å². The SMILES string of the molecule is CC[C@H]1CN(C(=O)c2ccc(C)c(O)c2)CCC(=O)N1Cc1ccccc1. The Labute approximate surface area is 160 Å². The Morgan fingerprint density at radius 2 is 1.93 bits per heavy atom. The zero-order chi connectivity index (χ0) is 19.4. The van der Waals surface area contributed by atoms with Gasteiger partial charge in [-0.1, -0.05) is 43.3 Å². The summed E-state index contributed by atoms with van der Waals surface area (Å²) in [6.07, 6.45) is 1.09. The van der Waals surface area contributed by atoms with Gasteiger partial charge < -0.3 is 14.9 Å². The summed E-state index contributed by atoms with van der Waals surface area (Å²) in [5, 5.41) is 9.92. The maximum Gasteiger partial charge on any atom is 0.254 e. The smallest absolute Gasteiger partial charge is 0.254 e. The highest BCUT2D eigenvalue weighted by molar-refractivity contribution is 5.95.